The number of rotatable bonds is 3. The van der Waals surface area contributed by atoms with Crippen LogP contribution < -0.4 is 5.73 Å². The van der Waals surface area contributed by atoms with Gasteiger partial charge in [0.2, 0.25) is 0 Å². The van der Waals surface area contributed by atoms with Crippen LogP contribution >= 0.6 is 0 Å². The summed E-state index contributed by atoms with van der Waals surface area (Å²) in [5, 5.41) is 9.24. The minimum Gasteiger partial charge on any atom is -0.390 e. The molecule has 1 atom stereocenters. The lowest BCUT2D eigenvalue weighted by molar-refractivity contribution is -0.0249. The quantitative estimate of drug-likeness (QED) is 0.696. The summed E-state index contributed by atoms with van der Waals surface area (Å²) < 4.78 is 2.09. The second-order valence-electron chi connectivity index (χ2n) is 3.90. The number of aliphatic hydroxyl groups is 1. The number of nitrogens with two attached hydrogens (primary N) is 1. The Morgan fingerprint density at radius 2 is 2.36 bits per heavy atom. The van der Waals surface area contributed by atoms with Crippen molar-refractivity contribution >= 4 is 0 Å². The molecule has 0 aromatic carbocycles. The van der Waals surface area contributed by atoms with Crippen LogP contribution in [0.4, 0.5) is 0 Å². The molecule has 3 N–H and O–H groups in total. The molecular formula is C10H17N3O. The second-order valence-corrected chi connectivity index (χ2v) is 3.90. The summed E-state index contributed by atoms with van der Waals surface area (Å²) in [6, 6.07) is 4.36. The van der Waals surface area contributed by atoms with E-state index < -0.39 is 0 Å². The molecule has 2 rings (SSSR count). The number of likely N-dealkylation sites (tertiary alicyclic amines) is 1. The van der Waals surface area contributed by atoms with Gasteiger partial charge in [0.1, 0.15) is 0 Å². The fourth-order valence-electron chi connectivity index (χ4n) is 2.02. The van der Waals surface area contributed by atoms with Gasteiger partial charge in [-0.15, -0.1) is 0 Å². The predicted molar refractivity (Wildman–Crippen MR) is 54.8 cm³/mol. The fourth-order valence-corrected chi connectivity index (χ4v) is 2.02. The molecule has 2 heterocycles. The van der Waals surface area contributed by atoms with Crippen LogP contribution in [-0.2, 0) is 7.05 Å². The molecule has 0 bridgehead atoms. The number of aliphatic hydroxyl groups excluding tert-OH is 1. The van der Waals surface area contributed by atoms with Crippen LogP contribution in [0.25, 0.3) is 0 Å². The lowest BCUT2D eigenvalue weighted by Gasteiger charge is -2.41. The van der Waals surface area contributed by atoms with Crippen LogP contribution in [0.2, 0.25) is 0 Å². The molecule has 0 aliphatic carbocycles. The van der Waals surface area contributed by atoms with Crippen LogP contribution in [0, 0.1) is 0 Å². The minimum atomic E-state index is -0.163. The van der Waals surface area contributed by atoms with E-state index in [9.17, 15) is 5.11 Å². The van der Waals surface area contributed by atoms with E-state index in [1.165, 1.54) is 5.69 Å². The van der Waals surface area contributed by atoms with Gasteiger partial charge in [-0.05, 0) is 12.1 Å². The molecule has 1 aromatic heterocycles. The van der Waals surface area contributed by atoms with Crippen LogP contribution in [0.15, 0.2) is 18.3 Å². The topological polar surface area (TPSA) is 54.4 Å². The smallest absolute Gasteiger partial charge is 0.0794 e. The van der Waals surface area contributed by atoms with Gasteiger partial charge in [-0.1, -0.05) is 0 Å². The first-order chi connectivity index (χ1) is 6.72. The number of hydrogen-bond donors (Lipinski definition) is 2. The van der Waals surface area contributed by atoms with Gasteiger partial charge in [0, 0.05) is 38.6 Å². The number of hydrogen-bond acceptors (Lipinski definition) is 3. The van der Waals surface area contributed by atoms with E-state index in [1.807, 2.05) is 19.3 Å². The maximum absolute atomic E-state index is 9.24. The van der Waals surface area contributed by atoms with Crippen LogP contribution in [-0.4, -0.2) is 40.3 Å². The van der Waals surface area contributed by atoms with Gasteiger partial charge in [-0.2, -0.15) is 0 Å². The summed E-state index contributed by atoms with van der Waals surface area (Å²) in [7, 11) is 2.02. The first kappa shape index (κ1) is 9.71. The van der Waals surface area contributed by atoms with Crippen molar-refractivity contribution < 1.29 is 5.11 Å². The summed E-state index contributed by atoms with van der Waals surface area (Å²) >= 11 is 0. The lowest BCUT2D eigenvalue weighted by atomic mass is 10.1. The van der Waals surface area contributed by atoms with E-state index in [2.05, 4.69) is 15.5 Å². The van der Waals surface area contributed by atoms with Gasteiger partial charge in [0.15, 0.2) is 0 Å². The summed E-state index contributed by atoms with van der Waals surface area (Å²) in [6.45, 7) is 2.09. The normalized spacial score (nSPS) is 20.8. The zero-order valence-electron chi connectivity index (χ0n) is 8.43. The van der Waals surface area contributed by atoms with E-state index in [0.717, 1.165) is 13.1 Å². The molecule has 1 fully saturated rings. The molecule has 1 saturated heterocycles. The average Bonchev–Trinajstić information content (AvgIpc) is 2.51. The number of aromatic nitrogens is 1. The van der Waals surface area contributed by atoms with Gasteiger partial charge in [-0.25, -0.2) is 0 Å². The summed E-state index contributed by atoms with van der Waals surface area (Å²) in [5.74, 6) is 0. The average molecular weight is 195 g/mol. The van der Waals surface area contributed by atoms with E-state index in [-0.39, 0.29) is 12.1 Å². The minimum absolute atomic E-state index is 0.163. The van der Waals surface area contributed by atoms with E-state index in [0.29, 0.717) is 6.54 Å². The Hall–Kier alpha value is -0.840. The number of aryl methyl sites for hydroxylation is 1. The molecule has 0 radical (unpaired) electrons. The maximum Gasteiger partial charge on any atom is 0.0794 e. The van der Waals surface area contributed by atoms with Crippen LogP contribution in [0.3, 0.4) is 0 Å². The Balaban J connectivity index is 2.10. The highest BCUT2D eigenvalue weighted by Crippen LogP contribution is 2.24. The van der Waals surface area contributed by atoms with Gasteiger partial charge in [-0.3, -0.25) is 4.90 Å². The SMILES string of the molecule is Cn1cccc1C(CN)N1CC(O)C1. The Morgan fingerprint density at radius 1 is 1.64 bits per heavy atom. The summed E-state index contributed by atoms with van der Waals surface area (Å²) in [4.78, 5) is 2.21. The van der Waals surface area contributed by atoms with Gasteiger partial charge < -0.3 is 15.4 Å². The molecular weight excluding hydrogens is 178 g/mol. The Labute approximate surface area is 83.9 Å². The highest BCUT2D eigenvalue weighted by Gasteiger charge is 2.31. The van der Waals surface area contributed by atoms with E-state index in [1.54, 1.807) is 0 Å². The van der Waals surface area contributed by atoms with Gasteiger partial charge in [0.25, 0.3) is 0 Å². The van der Waals surface area contributed by atoms with Crippen molar-refractivity contribution in [2.45, 2.75) is 12.1 Å². The molecule has 4 nitrogen and oxygen atoms in total. The first-order valence-electron chi connectivity index (χ1n) is 4.95. The Kier molecular flexibility index (Phi) is 2.58. The Bertz CT molecular complexity index is 304. The van der Waals surface area contributed by atoms with Crippen molar-refractivity contribution in [3.63, 3.8) is 0 Å². The van der Waals surface area contributed by atoms with Crippen molar-refractivity contribution in [3.05, 3.63) is 24.0 Å². The molecule has 1 aliphatic heterocycles. The number of β-amino-alcohol motifs (C(OH)–C–C–N with tert-alkyl or cyclic N) is 1. The maximum atomic E-state index is 9.24. The second kappa shape index (κ2) is 3.73. The molecule has 78 valence electrons. The molecule has 0 saturated carbocycles. The highest BCUT2D eigenvalue weighted by molar-refractivity contribution is 5.13. The zero-order chi connectivity index (χ0) is 10.1. The van der Waals surface area contributed by atoms with E-state index in [4.69, 9.17) is 5.73 Å². The largest absolute Gasteiger partial charge is 0.390 e. The van der Waals surface area contributed by atoms with Crippen molar-refractivity contribution in [1.82, 2.24) is 9.47 Å². The third kappa shape index (κ3) is 1.56. The molecule has 4 heteroatoms. The van der Waals surface area contributed by atoms with Gasteiger partial charge >= 0.3 is 0 Å². The highest BCUT2D eigenvalue weighted by atomic mass is 16.3. The van der Waals surface area contributed by atoms with E-state index >= 15 is 0 Å². The lowest BCUT2D eigenvalue weighted by Crippen LogP contribution is -2.53. The molecule has 0 amide bonds. The van der Waals surface area contributed by atoms with Crippen LogP contribution in [0.5, 0.6) is 0 Å². The number of nitrogens with zero attached hydrogens (tertiary/aromatic N) is 2. The third-order valence-corrected chi connectivity index (χ3v) is 2.88. The fraction of sp³-hybridized carbons (Fsp3) is 0.600. The molecule has 1 aromatic rings. The predicted octanol–water partition coefficient (Wildman–Crippen LogP) is -0.299. The summed E-state index contributed by atoms with van der Waals surface area (Å²) in [5.41, 5.74) is 6.97. The monoisotopic (exact) mass is 195 g/mol. The molecule has 1 unspecified atom stereocenters. The molecule has 0 spiro atoms. The third-order valence-electron chi connectivity index (χ3n) is 2.88. The van der Waals surface area contributed by atoms with Crippen molar-refractivity contribution in [3.8, 4) is 0 Å². The molecule has 1 aliphatic rings. The summed E-state index contributed by atoms with van der Waals surface area (Å²) in [6.07, 6.45) is 1.86. The van der Waals surface area contributed by atoms with Crippen molar-refractivity contribution in [1.29, 1.82) is 0 Å². The Morgan fingerprint density at radius 3 is 2.79 bits per heavy atom. The van der Waals surface area contributed by atoms with Crippen LogP contribution in [0.1, 0.15) is 11.7 Å². The first-order valence-corrected chi connectivity index (χ1v) is 4.95. The van der Waals surface area contributed by atoms with Crippen molar-refractivity contribution in [2.75, 3.05) is 19.6 Å². The molecule has 14 heavy (non-hydrogen) atoms. The standard InChI is InChI=1S/C10H17N3O/c1-12-4-2-3-9(12)10(5-11)13-6-8(14)7-13/h2-4,8,10,14H,5-7,11H2,1H3. The van der Waals surface area contributed by atoms with Gasteiger partial charge in [0.05, 0.1) is 12.1 Å². The zero-order valence-corrected chi connectivity index (χ0v) is 8.43. The van der Waals surface area contributed by atoms with Crippen molar-refractivity contribution in [2.24, 2.45) is 12.8 Å².